The predicted molar refractivity (Wildman–Crippen MR) is 133 cm³/mol. The number of carbonyl (C=O) groups is 1. The van der Waals surface area contributed by atoms with Gasteiger partial charge in [0.25, 0.3) is 5.91 Å². The summed E-state index contributed by atoms with van der Waals surface area (Å²) >= 11 is 0. The van der Waals surface area contributed by atoms with Crippen LogP contribution in [0, 0.1) is 17.1 Å². The Balaban J connectivity index is 1.11. The Morgan fingerprint density at radius 3 is 2.58 bits per heavy atom. The maximum atomic E-state index is 14.7. The van der Waals surface area contributed by atoms with Gasteiger partial charge in [0.15, 0.2) is 5.69 Å². The number of likely N-dealkylation sites (tertiary alicyclic amines) is 2. The molecule has 2 saturated heterocycles. The molecule has 2 aliphatic heterocycles. The third-order valence-corrected chi connectivity index (χ3v) is 7.73. The highest BCUT2D eigenvalue weighted by molar-refractivity contribution is 5.93. The van der Waals surface area contributed by atoms with Crippen LogP contribution >= 0.6 is 0 Å². The van der Waals surface area contributed by atoms with Crippen molar-refractivity contribution in [1.29, 1.82) is 5.26 Å². The molecule has 2 aliphatic rings. The van der Waals surface area contributed by atoms with Gasteiger partial charge in [0.1, 0.15) is 22.7 Å². The molecule has 0 saturated carbocycles. The Morgan fingerprint density at radius 1 is 1.12 bits per heavy atom. The molecule has 40 heavy (non-hydrogen) atoms. The number of H-pyrrole nitrogens is 1. The zero-order valence-corrected chi connectivity index (χ0v) is 21.1. The Labute approximate surface area is 225 Å². The van der Waals surface area contributed by atoms with E-state index in [9.17, 15) is 27.6 Å². The van der Waals surface area contributed by atoms with E-state index in [1.54, 1.807) is 34.2 Å². The molecule has 10 nitrogen and oxygen atoms in total. The first-order chi connectivity index (χ1) is 19.2. The fourth-order valence-electron chi connectivity index (χ4n) is 5.62. The van der Waals surface area contributed by atoms with Gasteiger partial charge in [-0.3, -0.25) is 14.4 Å². The highest BCUT2D eigenvalue weighted by Gasteiger charge is 2.48. The van der Waals surface area contributed by atoms with Crippen LogP contribution in [-0.2, 0) is 11.7 Å². The zero-order valence-electron chi connectivity index (χ0n) is 21.1. The van der Waals surface area contributed by atoms with E-state index < -0.39 is 29.1 Å². The molecule has 2 fully saturated rings. The molecule has 1 N–H and O–H groups in total. The van der Waals surface area contributed by atoms with Gasteiger partial charge >= 0.3 is 6.18 Å². The summed E-state index contributed by atoms with van der Waals surface area (Å²) in [5.74, 6) is -0.911. The molecule has 14 heteroatoms. The Morgan fingerprint density at radius 2 is 1.90 bits per heavy atom. The summed E-state index contributed by atoms with van der Waals surface area (Å²) < 4.78 is 54.7. The minimum absolute atomic E-state index is 0.125. The normalized spacial score (nSPS) is 18.0. The molecule has 0 aromatic carbocycles. The molecular weight excluding hydrogens is 530 g/mol. The molecule has 4 aromatic rings. The molecule has 6 rings (SSSR count). The molecule has 6 heterocycles. The zero-order chi connectivity index (χ0) is 28.1. The second kappa shape index (κ2) is 9.67. The maximum Gasteiger partial charge on any atom is 0.434 e. The average molecular weight is 554 g/mol. The van der Waals surface area contributed by atoms with Gasteiger partial charge in [-0.05, 0) is 18.9 Å². The molecule has 0 radical (unpaired) electrons. The van der Waals surface area contributed by atoms with Crippen molar-refractivity contribution < 1.29 is 22.4 Å². The lowest BCUT2D eigenvalue weighted by Crippen LogP contribution is -2.66. The Bertz CT molecular complexity index is 1590. The van der Waals surface area contributed by atoms with E-state index in [1.807, 2.05) is 0 Å². The smallest absolute Gasteiger partial charge is 0.346 e. The summed E-state index contributed by atoms with van der Waals surface area (Å²) in [5.41, 5.74) is -0.263. The summed E-state index contributed by atoms with van der Waals surface area (Å²) in [4.78, 5) is 30.6. The quantitative estimate of drug-likeness (QED) is 0.375. The summed E-state index contributed by atoms with van der Waals surface area (Å²) in [6, 6.07) is 4.19. The molecule has 206 valence electrons. The third kappa shape index (κ3) is 4.45. The number of rotatable bonds is 5. The van der Waals surface area contributed by atoms with Crippen molar-refractivity contribution in [2.45, 2.75) is 37.0 Å². The predicted octanol–water partition coefficient (Wildman–Crippen LogP) is 3.60. The van der Waals surface area contributed by atoms with Crippen LogP contribution in [0.15, 0.2) is 43.2 Å². The number of piperidine rings is 1. The maximum absolute atomic E-state index is 14.7. The number of nitrogens with zero attached hydrogens (tertiary/aromatic N) is 8. The van der Waals surface area contributed by atoms with Crippen molar-refractivity contribution in [3.63, 3.8) is 0 Å². The van der Waals surface area contributed by atoms with Crippen LogP contribution in [-0.4, -0.2) is 77.6 Å². The topological polar surface area (TPSA) is 120 Å². The molecule has 1 amide bonds. The van der Waals surface area contributed by atoms with Crippen LogP contribution in [0.2, 0.25) is 0 Å². The van der Waals surface area contributed by atoms with Crippen molar-refractivity contribution in [2.24, 2.45) is 0 Å². The summed E-state index contributed by atoms with van der Waals surface area (Å²) in [6.07, 6.45) is 4.61. The number of pyridine rings is 1. The van der Waals surface area contributed by atoms with Gasteiger partial charge < -0.3 is 9.88 Å². The number of hydrogen-bond donors (Lipinski definition) is 1. The number of aromatic amines is 1. The first-order valence-corrected chi connectivity index (χ1v) is 12.7. The summed E-state index contributed by atoms with van der Waals surface area (Å²) in [5, 5.41) is 14.7. The van der Waals surface area contributed by atoms with Crippen LogP contribution in [0.4, 0.5) is 17.6 Å². The van der Waals surface area contributed by atoms with Crippen LogP contribution in [0.5, 0.6) is 0 Å². The Kier molecular flexibility index (Phi) is 6.25. The van der Waals surface area contributed by atoms with Gasteiger partial charge in [0.2, 0.25) is 0 Å². The number of carbonyl (C=O) groups excluding carboxylic acids is 1. The van der Waals surface area contributed by atoms with Gasteiger partial charge in [-0.15, -0.1) is 0 Å². The minimum atomic E-state index is -4.62. The number of hydrogen-bond acceptors (Lipinski definition) is 7. The van der Waals surface area contributed by atoms with Crippen LogP contribution in [0.1, 0.15) is 35.4 Å². The first kappa shape index (κ1) is 25.9. The monoisotopic (exact) mass is 553 g/mol. The molecule has 0 spiro atoms. The van der Waals surface area contributed by atoms with E-state index in [1.165, 1.54) is 6.20 Å². The van der Waals surface area contributed by atoms with Crippen molar-refractivity contribution in [3.05, 3.63) is 60.5 Å². The molecule has 0 atom stereocenters. The Hall–Kier alpha value is -4.38. The fourth-order valence-corrected chi connectivity index (χ4v) is 5.62. The van der Waals surface area contributed by atoms with Gasteiger partial charge in [0, 0.05) is 61.1 Å². The van der Waals surface area contributed by atoms with Crippen LogP contribution in [0.3, 0.4) is 0 Å². The first-order valence-electron chi connectivity index (χ1n) is 12.7. The van der Waals surface area contributed by atoms with Crippen LogP contribution < -0.4 is 0 Å². The van der Waals surface area contributed by atoms with E-state index in [-0.39, 0.29) is 18.2 Å². The number of halogens is 4. The van der Waals surface area contributed by atoms with E-state index in [2.05, 4.69) is 36.0 Å². The summed E-state index contributed by atoms with van der Waals surface area (Å²) in [7, 11) is 0. The standard InChI is InChI=1S/C26H23F4N9O/c27-19-10-35-23-18(1-6-32-23)22(19)16-9-36-39(13-16)25(4-5-31)14-38(15-25)17-2-7-37(8-3-17)24(40)20-11-34-21(12-33-20)26(28,29)30/h1,6,9-13,17H,2-4,7-8,14-15H2,(H,32,35). The third-order valence-electron chi connectivity index (χ3n) is 7.73. The average Bonchev–Trinajstić information content (AvgIpc) is 3.60. The summed E-state index contributed by atoms with van der Waals surface area (Å²) in [6.45, 7) is 1.99. The number of aromatic nitrogens is 6. The molecule has 4 aromatic heterocycles. The lowest BCUT2D eigenvalue weighted by Gasteiger charge is -2.53. The van der Waals surface area contributed by atoms with Gasteiger partial charge in [-0.2, -0.15) is 23.5 Å². The lowest BCUT2D eigenvalue weighted by atomic mass is 9.83. The second-order valence-corrected chi connectivity index (χ2v) is 10.2. The minimum Gasteiger partial charge on any atom is -0.346 e. The number of amides is 1. The van der Waals surface area contributed by atoms with Crippen molar-refractivity contribution in [2.75, 3.05) is 26.2 Å². The van der Waals surface area contributed by atoms with E-state index in [4.69, 9.17) is 0 Å². The van der Waals surface area contributed by atoms with E-state index in [0.29, 0.717) is 67.4 Å². The number of nitrogens with one attached hydrogen (secondary N) is 1. The molecule has 0 unspecified atom stereocenters. The number of fused-ring (bicyclic) bond motifs is 1. The van der Waals surface area contributed by atoms with E-state index in [0.717, 1.165) is 6.20 Å². The SMILES string of the molecule is N#CCC1(n2cc(-c3c(F)cnc4[nH]ccc34)cn2)CN(C2CCN(C(=O)c3cnc(C(F)(F)F)cn3)CC2)C1. The fraction of sp³-hybridized carbons (Fsp3) is 0.385. The second-order valence-electron chi connectivity index (χ2n) is 10.2. The van der Waals surface area contributed by atoms with Gasteiger partial charge in [0.05, 0.1) is 37.3 Å². The lowest BCUT2D eigenvalue weighted by molar-refractivity contribution is -0.141. The van der Waals surface area contributed by atoms with E-state index >= 15 is 0 Å². The van der Waals surface area contributed by atoms with Crippen LogP contribution in [0.25, 0.3) is 22.2 Å². The largest absolute Gasteiger partial charge is 0.434 e. The van der Waals surface area contributed by atoms with Crippen molar-refractivity contribution >= 4 is 16.9 Å². The molecular formula is C26H23F4N9O. The number of nitriles is 1. The van der Waals surface area contributed by atoms with Gasteiger partial charge in [-0.1, -0.05) is 0 Å². The highest BCUT2D eigenvalue weighted by Crippen LogP contribution is 2.38. The molecule has 0 bridgehead atoms. The van der Waals surface area contributed by atoms with Gasteiger partial charge in [-0.25, -0.2) is 19.3 Å². The molecule has 0 aliphatic carbocycles. The van der Waals surface area contributed by atoms with Crippen molar-refractivity contribution in [1.82, 2.24) is 39.5 Å². The number of alkyl halides is 3. The highest BCUT2D eigenvalue weighted by atomic mass is 19.4. The van der Waals surface area contributed by atoms with Crippen molar-refractivity contribution in [3.8, 4) is 17.2 Å².